The maximum absolute atomic E-state index is 12.8. The maximum atomic E-state index is 12.8. The number of anilines is 2. The van der Waals surface area contributed by atoms with Gasteiger partial charge in [0, 0.05) is 55.1 Å². The number of rotatable bonds is 11. The van der Waals surface area contributed by atoms with Gasteiger partial charge in [0.1, 0.15) is 23.6 Å². The quantitative estimate of drug-likeness (QED) is 0.198. The number of methoxy groups -OCH3 is 1. The van der Waals surface area contributed by atoms with E-state index in [9.17, 15) is 9.90 Å². The molecule has 0 bridgehead atoms. The van der Waals surface area contributed by atoms with Crippen molar-refractivity contribution in [2.45, 2.75) is 20.3 Å². The largest absolute Gasteiger partial charge is 0.455 e. The maximum Gasteiger partial charge on any atom is 0.253 e. The van der Waals surface area contributed by atoms with Crippen molar-refractivity contribution in [1.82, 2.24) is 24.8 Å². The van der Waals surface area contributed by atoms with E-state index in [4.69, 9.17) is 9.47 Å². The molecule has 0 fully saturated rings. The molecule has 3 aromatic heterocycles. The number of fused-ring (bicyclic) bond motifs is 1. The van der Waals surface area contributed by atoms with Crippen molar-refractivity contribution in [2.24, 2.45) is 0 Å². The number of amides is 1. The lowest BCUT2D eigenvalue weighted by molar-refractivity contribution is 0.0936. The number of nitrogens with one attached hydrogen (secondary N) is 2. The lowest BCUT2D eigenvalue weighted by atomic mass is 10.1. The average molecular weight is 553 g/mol. The zero-order chi connectivity index (χ0) is 28.8. The lowest BCUT2D eigenvalue weighted by Crippen LogP contribution is -2.27. The van der Waals surface area contributed by atoms with Gasteiger partial charge in [-0.15, -0.1) is 0 Å². The van der Waals surface area contributed by atoms with Gasteiger partial charge in [-0.2, -0.15) is 0 Å². The van der Waals surface area contributed by atoms with E-state index >= 15 is 0 Å². The van der Waals surface area contributed by atoms with Crippen LogP contribution in [0.5, 0.6) is 11.5 Å². The van der Waals surface area contributed by atoms with Gasteiger partial charge in [-0.25, -0.2) is 9.97 Å². The summed E-state index contributed by atoms with van der Waals surface area (Å²) < 4.78 is 12.9. The monoisotopic (exact) mass is 552 g/mol. The van der Waals surface area contributed by atoms with Gasteiger partial charge in [-0.1, -0.05) is 0 Å². The third-order valence-electron chi connectivity index (χ3n) is 6.59. The van der Waals surface area contributed by atoms with Crippen molar-refractivity contribution in [3.63, 3.8) is 0 Å². The van der Waals surface area contributed by atoms with Crippen LogP contribution in [0.4, 0.5) is 11.5 Å². The normalized spacial score (nSPS) is 11.0. The van der Waals surface area contributed by atoms with Crippen molar-refractivity contribution >= 4 is 28.3 Å². The third kappa shape index (κ3) is 6.51. The zero-order valence-electron chi connectivity index (χ0n) is 23.2. The number of carbonyl (C=O) groups is 1. The molecule has 41 heavy (non-hydrogen) atoms. The van der Waals surface area contributed by atoms with Gasteiger partial charge in [0.2, 0.25) is 0 Å². The van der Waals surface area contributed by atoms with Gasteiger partial charge in [-0.05, 0) is 79.9 Å². The number of nitrogens with zero attached hydrogens (tertiary/aromatic N) is 4. The van der Waals surface area contributed by atoms with Gasteiger partial charge in [0.05, 0.1) is 23.9 Å². The third-order valence-corrected chi connectivity index (χ3v) is 6.59. The smallest absolute Gasteiger partial charge is 0.253 e. The molecule has 0 unspecified atom stereocenters. The van der Waals surface area contributed by atoms with Crippen molar-refractivity contribution in [3.8, 4) is 17.2 Å². The van der Waals surface area contributed by atoms with Crippen LogP contribution in [0.2, 0.25) is 0 Å². The van der Waals surface area contributed by atoms with E-state index in [0.29, 0.717) is 36.7 Å². The molecule has 2 aromatic carbocycles. The number of ether oxygens (including phenoxy) is 2. The van der Waals surface area contributed by atoms with Crippen LogP contribution in [0, 0.1) is 13.8 Å². The summed E-state index contributed by atoms with van der Waals surface area (Å²) in [6, 6.07) is 15.5. The molecule has 0 saturated carbocycles. The number of hydrogen-bond donors (Lipinski definition) is 3. The highest BCUT2D eigenvalue weighted by Crippen LogP contribution is 2.30. The van der Waals surface area contributed by atoms with Crippen molar-refractivity contribution in [2.75, 3.05) is 32.2 Å². The van der Waals surface area contributed by atoms with Crippen LogP contribution in [0.25, 0.3) is 16.6 Å². The fourth-order valence-electron chi connectivity index (χ4n) is 4.46. The summed E-state index contributed by atoms with van der Waals surface area (Å²) in [5.74, 6) is 1.85. The van der Waals surface area contributed by atoms with Gasteiger partial charge in [0.25, 0.3) is 5.91 Å². The Kier molecular flexibility index (Phi) is 8.52. The van der Waals surface area contributed by atoms with E-state index in [1.165, 1.54) is 6.33 Å². The second-order valence-corrected chi connectivity index (χ2v) is 9.59. The van der Waals surface area contributed by atoms with Crippen LogP contribution >= 0.6 is 0 Å². The molecular formula is C31H32N6O4. The first-order chi connectivity index (χ1) is 19.9. The minimum absolute atomic E-state index is 0.0624. The first-order valence-electron chi connectivity index (χ1n) is 13.3. The predicted molar refractivity (Wildman–Crippen MR) is 157 cm³/mol. The standard InChI is InChI=1S/C31H32N6O4/c1-20-14-23(5-9-29(20)41-25-7-4-21(2)33-16-25)36-30-26-15-24(6-8-28(26)34-19-35-30)37-17-22(10-12-38)27(18-37)31(39)32-11-13-40-3/h4-9,14-19,38H,10-13H2,1-3H3,(H,32,39)(H,34,35,36). The average Bonchev–Trinajstić information content (AvgIpc) is 3.40. The molecule has 210 valence electrons. The van der Waals surface area contributed by atoms with Crippen LogP contribution < -0.4 is 15.4 Å². The summed E-state index contributed by atoms with van der Waals surface area (Å²) in [5, 5.41) is 16.6. The second kappa shape index (κ2) is 12.6. The van der Waals surface area contributed by atoms with Crippen LogP contribution in [-0.4, -0.2) is 57.4 Å². The Morgan fingerprint density at radius 1 is 1.02 bits per heavy atom. The molecule has 0 aliphatic rings. The zero-order valence-corrected chi connectivity index (χ0v) is 23.2. The first kappa shape index (κ1) is 27.8. The molecule has 0 aliphatic heterocycles. The van der Waals surface area contributed by atoms with E-state index in [2.05, 4.69) is 25.6 Å². The number of aliphatic hydroxyl groups is 1. The highest BCUT2D eigenvalue weighted by atomic mass is 16.5. The van der Waals surface area contributed by atoms with Crippen LogP contribution in [-0.2, 0) is 11.2 Å². The highest BCUT2D eigenvalue weighted by molar-refractivity contribution is 5.96. The molecule has 10 heteroatoms. The molecule has 5 aromatic rings. The van der Waals surface area contributed by atoms with Crippen LogP contribution in [0.15, 0.2) is 73.4 Å². The number of benzene rings is 2. The Labute approximate surface area is 238 Å². The summed E-state index contributed by atoms with van der Waals surface area (Å²) >= 11 is 0. The Hall–Kier alpha value is -4.80. The van der Waals surface area contributed by atoms with E-state index < -0.39 is 0 Å². The van der Waals surface area contributed by atoms with Gasteiger partial charge in [0.15, 0.2) is 0 Å². The number of hydrogen-bond acceptors (Lipinski definition) is 8. The Morgan fingerprint density at radius 2 is 1.90 bits per heavy atom. The molecule has 0 atom stereocenters. The molecule has 3 N–H and O–H groups in total. The highest BCUT2D eigenvalue weighted by Gasteiger charge is 2.16. The van der Waals surface area contributed by atoms with Crippen molar-refractivity contribution < 1.29 is 19.4 Å². The summed E-state index contributed by atoms with van der Waals surface area (Å²) in [6.45, 7) is 4.67. The fraction of sp³-hybridized carbons (Fsp3) is 0.226. The molecule has 0 aliphatic carbocycles. The fourth-order valence-corrected chi connectivity index (χ4v) is 4.46. The van der Waals surface area contributed by atoms with E-state index in [-0.39, 0.29) is 12.5 Å². The second-order valence-electron chi connectivity index (χ2n) is 9.59. The van der Waals surface area contributed by atoms with E-state index in [1.54, 1.807) is 19.5 Å². The summed E-state index contributed by atoms with van der Waals surface area (Å²) in [4.78, 5) is 26.0. The Bertz CT molecular complexity index is 1670. The minimum Gasteiger partial charge on any atom is -0.455 e. The lowest BCUT2D eigenvalue weighted by Gasteiger charge is -2.13. The molecule has 0 spiro atoms. The number of aromatic nitrogens is 4. The minimum atomic E-state index is -0.211. The summed E-state index contributed by atoms with van der Waals surface area (Å²) in [6.07, 6.45) is 7.24. The van der Waals surface area contributed by atoms with Crippen molar-refractivity contribution in [3.05, 3.63) is 95.8 Å². The van der Waals surface area contributed by atoms with Gasteiger partial charge < -0.3 is 29.8 Å². The first-order valence-corrected chi connectivity index (χ1v) is 13.3. The number of carbonyl (C=O) groups excluding carboxylic acids is 1. The molecule has 5 rings (SSSR count). The number of aliphatic hydroxyl groups excluding tert-OH is 1. The summed E-state index contributed by atoms with van der Waals surface area (Å²) in [5.41, 5.74) is 5.60. The topological polar surface area (TPSA) is 123 Å². The van der Waals surface area contributed by atoms with E-state index in [1.807, 2.05) is 73.1 Å². The van der Waals surface area contributed by atoms with Crippen LogP contribution in [0.3, 0.4) is 0 Å². The summed E-state index contributed by atoms with van der Waals surface area (Å²) in [7, 11) is 1.58. The molecule has 3 heterocycles. The van der Waals surface area contributed by atoms with Crippen molar-refractivity contribution in [1.29, 1.82) is 0 Å². The SMILES string of the molecule is COCCNC(=O)c1cn(-c2ccc3ncnc(Nc4ccc(Oc5ccc(C)nc5)c(C)c4)c3c2)cc1CCO. The predicted octanol–water partition coefficient (Wildman–Crippen LogP) is 4.88. The van der Waals surface area contributed by atoms with E-state index in [0.717, 1.165) is 44.8 Å². The number of aryl methyl sites for hydroxylation is 2. The molecule has 0 saturated heterocycles. The van der Waals surface area contributed by atoms with Gasteiger partial charge >= 0.3 is 0 Å². The van der Waals surface area contributed by atoms with Crippen LogP contribution in [0.1, 0.15) is 27.2 Å². The molecule has 0 radical (unpaired) electrons. The van der Waals surface area contributed by atoms with Gasteiger partial charge in [-0.3, -0.25) is 9.78 Å². The molecular weight excluding hydrogens is 520 g/mol. The molecule has 10 nitrogen and oxygen atoms in total. The molecule has 1 amide bonds. The Balaban J connectivity index is 1.41. The number of pyridine rings is 1. The Morgan fingerprint density at radius 3 is 2.66 bits per heavy atom.